The van der Waals surface area contributed by atoms with E-state index in [9.17, 15) is 4.39 Å². The number of nitrogens with zero attached hydrogens (tertiary/aromatic N) is 2. The Balaban J connectivity index is 3.12. The Bertz CT molecular complexity index is 876. The molecule has 0 spiro atoms. The van der Waals surface area contributed by atoms with Crippen LogP contribution in [0.3, 0.4) is 0 Å². The Kier molecular flexibility index (Phi) is 4.81. The topological polar surface area (TPSA) is 25.8 Å². The van der Waals surface area contributed by atoms with E-state index in [4.69, 9.17) is 4.98 Å². The molecular weight excluding hydrogens is 330 g/mol. The second kappa shape index (κ2) is 6.11. The third-order valence-electron chi connectivity index (χ3n) is 4.35. The molecule has 0 aliphatic heterocycles. The zero-order valence-corrected chi connectivity index (χ0v) is 17.4. The summed E-state index contributed by atoms with van der Waals surface area (Å²) in [5.74, 6) is -0.543. The van der Waals surface area contributed by atoms with E-state index in [1.807, 2.05) is 62.3 Å². The van der Waals surface area contributed by atoms with Crippen molar-refractivity contribution in [1.82, 2.24) is 9.97 Å². The summed E-state index contributed by atoms with van der Waals surface area (Å²) < 4.78 is 29.9. The van der Waals surface area contributed by atoms with Gasteiger partial charge in [0.25, 0.3) is 0 Å². The third kappa shape index (κ3) is 3.65. The highest BCUT2D eigenvalue weighted by molar-refractivity contribution is 5.87. The van der Waals surface area contributed by atoms with Crippen LogP contribution in [-0.2, 0) is 16.2 Å². The van der Waals surface area contributed by atoms with Gasteiger partial charge < -0.3 is 0 Å². The summed E-state index contributed by atoms with van der Waals surface area (Å²) >= 11 is 0. The van der Waals surface area contributed by atoms with Crippen molar-refractivity contribution in [2.75, 3.05) is 0 Å². The molecule has 0 aliphatic rings. The van der Waals surface area contributed by atoms with Crippen LogP contribution in [0.2, 0.25) is 0 Å². The van der Waals surface area contributed by atoms with Gasteiger partial charge in [0.1, 0.15) is 17.2 Å². The number of hydrogen-bond donors (Lipinski definition) is 0. The molecule has 0 amide bonds. The molecule has 0 saturated carbocycles. The molecule has 4 heteroatoms. The van der Waals surface area contributed by atoms with Crippen molar-refractivity contribution < 1.29 is 8.78 Å². The van der Waals surface area contributed by atoms with Crippen LogP contribution in [0.25, 0.3) is 16.7 Å². The minimum absolute atomic E-state index is 0.195. The molecule has 0 atom stereocenters. The van der Waals surface area contributed by atoms with Crippen LogP contribution < -0.4 is 0 Å². The maximum atomic E-state index is 15.6. The molecule has 0 aliphatic carbocycles. The molecule has 2 rings (SSSR count). The van der Waals surface area contributed by atoms with E-state index < -0.39 is 17.1 Å². The summed E-state index contributed by atoms with van der Waals surface area (Å²) in [5, 5.41) is 0.546. The molecule has 0 unspecified atom stereocenters. The van der Waals surface area contributed by atoms with Crippen molar-refractivity contribution in [3.8, 4) is 0 Å². The summed E-state index contributed by atoms with van der Waals surface area (Å²) in [5.41, 5.74) is 0.212. The molecular formula is C22H30F2N2. The molecule has 2 nitrogen and oxygen atoms in total. The van der Waals surface area contributed by atoms with E-state index in [1.165, 1.54) is 0 Å². The Morgan fingerprint density at radius 3 is 1.81 bits per heavy atom. The van der Waals surface area contributed by atoms with Crippen LogP contribution >= 0.6 is 0 Å². The quantitative estimate of drug-likeness (QED) is 0.572. The van der Waals surface area contributed by atoms with Gasteiger partial charge in [-0.2, -0.15) is 0 Å². The van der Waals surface area contributed by atoms with Crippen LogP contribution in [0.4, 0.5) is 8.78 Å². The van der Waals surface area contributed by atoms with E-state index in [1.54, 1.807) is 6.07 Å². The highest BCUT2D eigenvalue weighted by Gasteiger charge is 2.31. The third-order valence-corrected chi connectivity index (χ3v) is 4.35. The smallest absolute Gasteiger partial charge is 0.153 e. The average molecular weight is 360 g/mol. The Morgan fingerprint density at radius 2 is 1.42 bits per heavy atom. The average Bonchev–Trinajstić information content (AvgIpc) is 2.42. The lowest BCUT2D eigenvalue weighted by atomic mass is 9.80. The molecule has 0 bridgehead atoms. The first-order valence-electron chi connectivity index (χ1n) is 8.95. The van der Waals surface area contributed by atoms with Crippen molar-refractivity contribution in [2.24, 2.45) is 0 Å². The molecule has 0 radical (unpaired) electrons. The van der Waals surface area contributed by atoms with E-state index >= 15 is 4.39 Å². The maximum Gasteiger partial charge on any atom is 0.153 e. The lowest BCUT2D eigenvalue weighted by Gasteiger charge is -2.28. The number of aromatic nitrogens is 2. The van der Waals surface area contributed by atoms with Gasteiger partial charge in [-0.25, -0.2) is 18.7 Å². The minimum Gasteiger partial charge on any atom is -0.236 e. The summed E-state index contributed by atoms with van der Waals surface area (Å²) in [6, 6.07) is 1.66. The van der Waals surface area contributed by atoms with Gasteiger partial charge in [0.15, 0.2) is 5.82 Å². The lowest BCUT2D eigenvalue weighted by Crippen LogP contribution is -2.24. The summed E-state index contributed by atoms with van der Waals surface area (Å²) in [6.45, 7) is 21.1. The van der Waals surface area contributed by atoms with Gasteiger partial charge in [-0.05, 0) is 11.5 Å². The predicted octanol–water partition coefficient (Wildman–Crippen LogP) is 6.60. The first-order valence-corrected chi connectivity index (χ1v) is 8.95. The van der Waals surface area contributed by atoms with Gasteiger partial charge in [-0.3, -0.25) is 0 Å². The van der Waals surface area contributed by atoms with Gasteiger partial charge in [0, 0.05) is 27.3 Å². The van der Waals surface area contributed by atoms with Crippen molar-refractivity contribution >= 4 is 16.7 Å². The molecule has 1 heterocycles. The fourth-order valence-corrected chi connectivity index (χ4v) is 3.08. The van der Waals surface area contributed by atoms with Gasteiger partial charge in [-0.1, -0.05) is 68.9 Å². The predicted molar refractivity (Wildman–Crippen MR) is 106 cm³/mol. The first kappa shape index (κ1) is 20.5. The van der Waals surface area contributed by atoms with Crippen LogP contribution in [0.1, 0.15) is 85.0 Å². The highest BCUT2D eigenvalue weighted by Crippen LogP contribution is 2.39. The summed E-state index contributed by atoms with van der Waals surface area (Å²) in [6.07, 6.45) is 0. The molecule has 0 saturated heterocycles. The molecule has 1 aromatic heterocycles. The number of halogens is 2. The zero-order chi connectivity index (χ0) is 20.2. The standard InChI is InChI=1S/C22H30F2N2/c1-12(23)13-11-14-17(16(24)15(13)20(2,3)4)25-19(22(8,9)10)26-18(14)21(5,6)7/h11H,1H2,2-10H3. The number of fused-ring (bicyclic) bond motifs is 1. The van der Waals surface area contributed by atoms with Crippen LogP contribution in [0.15, 0.2) is 12.6 Å². The van der Waals surface area contributed by atoms with Crippen molar-refractivity contribution in [2.45, 2.75) is 78.6 Å². The van der Waals surface area contributed by atoms with E-state index in [-0.39, 0.29) is 21.9 Å². The van der Waals surface area contributed by atoms with E-state index in [0.717, 1.165) is 0 Å². The lowest BCUT2D eigenvalue weighted by molar-refractivity contribution is 0.509. The molecule has 142 valence electrons. The Morgan fingerprint density at radius 1 is 0.885 bits per heavy atom. The number of rotatable bonds is 1. The van der Waals surface area contributed by atoms with Gasteiger partial charge in [0.05, 0.1) is 5.69 Å². The van der Waals surface area contributed by atoms with Crippen LogP contribution in [-0.4, -0.2) is 9.97 Å². The largest absolute Gasteiger partial charge is 0.236 e. The van der Waals surface area contributed by atoms with E-state index in [0.29, 0.717) is 22.5 Å². The maximum absolute atomic E-state index is 15.6. The van der Waals surface area contributed by atoms with Crippen LogP contribution in [0, 0.1) is 5.82 Å². The normalized spacial score (nSPS) is 13.3. The second-order valence-electron chi connectivity index (χ2n) is 10.1. The minimum atomic E-state index is -0.643. The van der Waals surface area contributed by atoms with Gasteiger partial charge in [0.2, 0.25) is 0 Å². The van der Waals surface area contributed by atoms with Gasteiger partial charge in [-0.15, -0.1) is 0 Å². The SMILES string of the molecule is C=C(F)c1cc2c(C(C)(C)C)nc(C(C)(C)C)nc2c(F)c1C(C)(C)C. The van der Waals surface area contributed by atoms with Crippen LogP contribution in [0.5, 0.6) is 0 Å². The highest BCUT2D eigenvalue weighted by atomic mass is 19.1. The molecule has 2 aromatic rings. The fourth-order valence-electron chi connectivity index (χ4n) is 3.08. The monoisotopic (exact) mass is 360 g/mol. The van der Waals surface area contributed by atoms with E-state index in [2.05, 4.69) is 11.6 Å². The molecule has 1 aromatic carbocycles. The Hall–Kier alpha value is -1.84. The summed E-state index contributed by atoms with van der Waals surface area (Å²) in [7, 11) is 0. The van der Waals surface area contributed by atoms with Crippen molar-refractivity contribution in [3.05, 3.63) is 41.1 Å². The molecule has 0 N–H and O–H groups in total. The fraction of sp³-hybridized carbons (Fsp3) is 0.545. The first-order chi connectivity index (χ1) is 11.5. The zero-order valence-electron chi connectivity index (χ0n) is 17.4. The number of benzene rings is 1. The van der Waals surface area contributed by atoms with Gasteiger partial charge >= 0.3 is 0 Å². The van der Waals surface area contributed by atoms with Crippen molar-refractivity contribution in [1.29, 1.82) is 0 Å². The second-order valence-corrected chi connectivity index (χ2v) is 10.1. The Labute approximate surface area is 155 Å². The molecule has 0 fully saturated rings. The summed E-state index contributed by atoms with van der Waals surface area (Å²) in [4.78, 5) is 9.30. The van der Waals surface area contributed by atoms with Crippen molar-refractivity contribution in [3.63, 3.8) is 0 Å². The molecule has 26 heavy (non-hydrogen) atoms. The number of hydrogen-bond acceptors (Lipinski definition) is 2.